The molecule has 0 spiro atoms. The molecule has 1 unspecified atom stereocenters. The molecule has 1 heterocycles. The second-order valence-electron chi connectivity index (χ2n) is 5.03. The van der Waals surface area contributed by atoms with Gasteiger partial charge in [0.2, 0.25) is 5.91 Å². The van der Waals surface area contributed by atoms with Gasteiger partial charge < -0.3 is 14.8 Å². The monoisotopic (exact) mass is 281 g/mol. The molecular weight excluding hydrogens is 262 g/mol. The van der Waals surface area contributed by atoms with Crippen LogP contribution in [-0.4, -0.2) is 23.2 Å². The summed E-state index contributed by atoms with van der Waals surface area (Å²) in [5.41, 5.74) is -0.479. The van der Waals surface area contributed by atoms with Crippen LogP contribution in [0.4, 0.5) is 0 Å². The van der Waals surface area contributed by atoms with Crippen molar-refractivity contribution >= 4 is 17.7 Å². The lowest BCUT2D eigenvalue weighted by molar-refractivity contribution is -0.119. The fourth-order valence-corrected chi connectivity index (χ4v) is 2.59. The van der Waals surface area contributed by atoms with Gasteiger partial charge in [-0.25, -0.2) is 0 Å². The molecule has 0 bridgehead atoms. The first-order chi connectivity index (χ1) is 9.14. The van der Waals surface area contributed by atoms with Gasteiger partial charge in [-0.2, -0.15) is 0 Å². The first-order valence-corrected chi connectivity index (χ1v) is 7.42. The number of nitrogens with one attached hydrogen (secondary N) is 1. The van der Waals surface area contributed by atoms with Crippen LogP contribution < -0.4 is 5.32 Å². The van der Waals surface area contributed by atoms with E-state index in [1.165, 1.54) is 17.8 Å². The number of carbonyl (C=O) groups is 1. The lowest BCUT2D eigenvalue weighted by Crippen LogP contribution is -2.50. The molecule has 1 aliphatic carbocycles. The van der Waals surface area contributed by atoms with E-state index in [9.17, 15) is 9.90 Å². The van der Waals surface area contributed by atoms with Crippen LogP contribution in [0.1, 0.15) is 25.5 Å². The summed E-state index contributed by atoms with van der Waals surface area (Å²) in [6.07, 6.45) is 5.29. The number of carbonyl (C=O) groups excluding carboxylic acids is 1. The Kier molecular flexibility index (Phi) is 4.71. The fourth-order valence-electron chi connectivity index (χ4n) is 1.95. The average molecular weight is 281 g/mol. The maximum Gasteiger partial charge on any atom is 0.245 e. The number of hydrogen-bond donors (Lipinski definition) is 2. The van der Waals surface area contributed by atoms with E-state index in [2.05, 4.69) is 5.32 Å². The summed E-state index contributed by atoms with van der Waals surface area (Å²) >= 11 is 1.50. The van der Waals surface area contributed by atoms with Gasteiger partial charge in [0, 0.05) is 6.08 Å². The third kappa shape index (κ3) is 4.14. The summed E-state index contributed by atoms with van der Waals surface area (Å²) in [4.78, 5) is 11.8. The molecular formula is C14H19NO3S. The minimum atomic E-state index is -0.479. The van der Waals surface area contributed by atoms with E-state index in [1.54, 1.807) is 11.7 Å². The summed E-state index contributed by atoms with van der Waals surface area (Å²) in [6.45, 7) is 1.88. The molecule has 1 aliphatic rings. The average Bonchev–Trinajstić information content (AvgIpc) is 3.13. The molecule has 5 heteroatoms. The van der Waals surface area contributed by atoms with Gasteiger partial charge in [-0.3, -0.25) is 4.79 Å². The molecule has 1 amide bonds. The van der Waals surface area contributed by atoms with Crippen LogP contribution in [0.15, 0.2) is 34.3 Å². The lowest BCUT2D eigenvalue weighted by atomic mass is 9.97. The second kappa shape index (κ2) is 6.30. The topological polar surface area (TPSA) is 62.5 Å². The Balaban J connectivity index is 1.74. The van der Waals surface area contributed by atoms with E-state index in [0.717, 1.165) is 18.6 Å². The Hall–Kier alpha value is -1.20. The van der Waals surface area contributed by atoms with Crippen molar-refractivity contribution in [3.05, 3.63) is 35.6 Å². The zero-order valence-corrected chi connectivity index (χ0v) is 11.8. The van der Waals surface area contributed by atoms with E-state index in [1.807, 2.05) is 19.1 Å². The molecule has 0 radical (unpaired) electrons. The summed E-state index contributed by atoms with van der Waals surface area (Å²) in [6, 6.07) is 3.74. The first kappa shape index (κ1) is 14.2. The summed E-state index contributed by atoms with van der Waals surface area (Å²) in [5, 5.41) is 14.0. The molecule has 2 rings (SSSR count). The summed E-state index contributed by atoms with van der Waals surface area (Å²) in [7, 11) is 0. The van der Waals surface area contributed by atoms with Crippen LogP contribution in [-0.2, 0) is 10.5 Å². The fraction of sp³-hybridized carbons (Fsp3) is 0.500. The van der Waals surface area contributed by atoms with Crippen molar-refractivity contribution in [3.63, 3.8) is 0 Å². The number of amides is 1. The van der Waals surface area contributed by atoms with Crippen molar-refractivity contribution in [1.29, 1.82) is 0 Å². The normalized spacial score (nSPS) is 18.4. The predicted molar refractivity (Wildman–Crippen MR) is 75.5 cm³/mol. The van der Waals surface area contributed by atoms with Crippen LogP contribution in [0.3, 0.4) is 0 Å². The van der Waals surface area contributed by atoms with Crippen molar-refractivity contribution in [2.45, 2.75) is 31.1 Å². The molecule has 0 aromatic carbocycles. The van der Waals surface area contributed by atoms with Gasteiger partial charge in [0.15, 0.2) is 0 Å². The molecule has 0 aliphatic heterocycles. The highest BCUT2D eigenvalue weighted by atomic mass is 32.2. The lowest BCUT2D eigenvalue weighted by Gasteiger charge is -2.28. The maximum atomic E-state index is 11.8. The predicted octanol–water partition coefficient (Wildman–Crippen LogP) is 2.30. The van der Waals surface area contributed by atoms with Gasteiger partial charge in [0.05, 0.1) is 24.2 Å². The molecule has 1 aromatic heterocycles. The third-order valence-electron chi connectivity index (χ3n) is 3.34. The van der Waals surface area contributed by atoms with Gasteiger partial charge in [-0.15, -0.1) is 11.8 Å². The van der Waals surface area contributed by atoms with E-state index in [4.69, 9.17) is 4.42 Å². The molecule has 0 saturated heterocycles. The zero-order chi connectivity index (χ0) is 13.7. The summed E-state index contributed by atoms with van der Waals surface area (Å²) < 4.78 is 5.19. The zero-order valence-electron chi connectivity index (χ0n) is 11.0. The minimum Gasteiger partial charge on any atom is -0.468 e. The largest absolute Gasteiger partial charge is 0.468 e. The minimum absolute atomic E-state index is 0.0171. The van der Waals surface area contributed by atoms with E-state index < -0.39 is 5.54 Å². The van der Waals surface area contributed by atoms with Crippen molar-refractivity contribution in [3.8, 4) is 0 Å². The van der Waals surface area contributed by atoms with Gasteiger partial charge in [-0.1, -0.05) is 0 Å². The Morgan fingerprint density at radius 1 is 1.68 bits per heavy atom. The Bertz CT molecular complexity index is 440. The first-order valence-electron chi connectivity index (χ1n) is 6.37. The van der Waals surface area contributed by atoms with Crippen LogP contribution >= 0.6 is 11.8 Å². The highest BCUT2D eigenvalue weighted by molar-refractivity contribution is 8.01. The molecule has 19 heavy (non-hydrogen) atoms. The van der Waals surface area contributed by atoms with Crippen LogP contribution in [0.2, 0.25) is 0 Å². The van der Waals surface area contributed by atoms with Crippen molar-refractivity contribution in [2.75, 3.05) is 6.61 Å². The Labute approximate surface area is 117 Å². The van der Waals surface area contributed by atoms with Gasteiger partial charge in [-0.05, 0) is 43.2 Å². The van der Waals surface area contributed by atoms with Crippen LogP contribution in [0.25, 0.3) is 0 Å². The number of thioether (sulfide) groups is 1. The second-order valence-corrected chi connectivity index (χ2v) is 5.93. The van der Waals surface area contributed by atoms with Crippen molar-refractivity contribution < 1.29 is 14.3 Å². The number of aliphatic hydroxyl groups is 1. The highest BCUT2D eigenvalue weighted by Gasteiger charge is 2.41. The number of furan rings is 1. The molecule has 104 valence electrons. The van der Waals surface area contributed by atoms with Crippen molar-refractivity contribution in [1.82, 2.24) is 5.32 Å². The third-order valence-corrected chi connectivity index (χ3v) is 4.12. The molecule has 1 atom stereocenters. The Morgan fingerprint density at radius 2 is 2.47 bits per heavy atom. The Morgan fingerprint density at radius 3 is 3.05 bits per heavy atom. The number of hydrogen-bond acceptors (Lipinski definition) is 4. The molecule has 4 nitrogen and oxygen atoms in total. The van der Waals surface area contributed by atoms with E-state index in [-0.39, 0.29) is 12.5 Å². The van der Waals surface area contributed by atoms with E-state index in [0.29, 0.717) is 11.7 Å². The maximum absolute atomic E-state index is 11.8. The summed E-state index contributed by atoms with van der Waals surface area (Å²) in [5.74, 6) is 1.84. The molecule has 1 saturated carbocycles. The number of rotatable bonds is 7. The van der Waals surface area contributed by atoms with Gasteiger partial charge >= 0.3 is 0 Å². The smallest absolute Gasteiger partial charge is 0.245 e. The van der Waals surface area contributed by atoms with E-state index >= 15 is 0 Å². The SMILES string of the molecule is CC(CO)(NC(=O)/C=C/SCc1ccco1)C1CC1. The standard InChI is InChI=1S/C14H19NO3S/c1-14(10-16,11-4-5-11)15-13(17)6-8-19-9-12-3-2-7-18-12/h2-3,6-8,11,16H,4-5,9-10H2,1H3,(H,15,17)/b8-6+. The molecule has 2 N–H and O–H groups in total. The van der Waals surface area contributed by atoms with Crippen molar-refractivity contribution in [2.24, 2.45) is 5.92 Å². The van der Waals surface area contributed by atoms with Gasteiger partial charge in [0.25, 0.3) is 0 Å². The van der Waals surface area contributed by atoms with Gasteiger partial charge in [0.1, 0.15) is 5.76 Å². The highest BCUT2D eigenvalue weighted by Crippen LogP contribution is 2.39. The molecule has 1 aromatic rings. The van der Waals surface area contributed by atoms with Crippen LogP contribution in [0, 0.1) is 5.92 Å². The quantitative estimate of drug-likeness (QED) is 0.753. The van der Waals surface area contributed by atoms with Crippen LogP contribution in [0.5, 0.6) is 0 Å². The number of aliphatic hydroxyl groups excluding tert-OH is 1. The molecule has 1 fully saturated rings.